The van der Waals surface area contributed by atoms with Gasteiger partial charge >= 0.3 is 17.1 Å². The van der Waals surface area contributed by atoms with Crippen LogP contribution in [-0.4, -0.2) is 98.4 Å². The molecule has 344 valence electrons. The first-order valence-corrected chi connectivity index (χ1v) is 20.3. The summed E-state index contributed by atoms with van der Waals surface area (Å²) in [5.74, 6) is 0. The smallest absolute Gasteiger partial charge is 0.333 e. The zero-order valence-corrected chi connectivity index (χ0v) is 36.9. The number of hydrogen-bond acceptors (Lipinski definition) is 14. The van der Waals surface area contributed by atoms with Gasteiger partial charge in [0, 0.05) is 98.9 Å². The van der Waals surface area contributed by atoms with Crippen LogP contribution in [0.5, 0.6) is 0 Å². The Morgan fingerprint density at radius 2 is 1.11 bits per heavy atom. The Bertz CT molecular complexity index is 2560. The summed E-state index contributed by atoms with van der Waals surface area (Å²) in [7, 11) is 4.53. The molecule has 3 aliphatic rings. The van der Waals surface area contributed by atoms with Gasteiger partial charge in [-0.15, -0.1) is 0 Å². The average Bonchev–Trinajstić information content (AvgIpc) is 4.01. The molecule has 8 atom stereocenters. The van der Waals surface area contributed by atoms with Gasteiger partial charge in [0.25, 0.3) is 16.7 Å². The van der Waals surface area contributed by atoms with Crippen LogP contribution in [0.15, 0.2) is 69.7 Å². The van der Waals surface area contributed by atoms with Crippen molar-refractivity contribution in [3.8, 4) is 0 Å². The summed E-state index contributed by atoms with van der Waals surface area (Å²) in [6.07, 6.45) is 6.25. The van der Waals surface area contributed by atoms with E-state index in [9.17, 15) is 28.8 Å². The molecule has 0 bridgehead atoms. The van der Waals surface area contributed by atoms with E-state index < -0.39 is 54.4 Å². The molecule has 3 aliphatic heterocycles. The third-order valence-electron chi connectivity index (χ3n) is 10.5. The number of rotatable bonds is 14. The molecule has 0 spiro atoms. The first-order chi connectivity index (χ1) is 30.1. The number of hydrogen-bond donors (Lipinski definition) is 0. The summed E-state index contributed by atoms with van der Waals surface area (Å²) in [5, 5.41) is 7.42. The highest BCUT2D eigenvalue weighted by Gasteiger charge is 2.38. The highest BCUT2D eigenvalue weighted by Crippen LogP contribution is 2.31. The lowest BCUT2D eigenvalue weighted by atomic mass is 10.1. The molecule has 24 nitrogen and oxygen atoms in total. The molecule has 2 unspecified atom stereocenters. The lowest BCUT2D eigenvalue weighted by molar-refractivity contribution is -0.0439. The molecule has 6 heterocycles. The molecule has 0 radical (unpaired) electrons. The SMILES string of the molecule is CCOC[C@H]1O[C@@H](n2cc(C)c(=O)n(CC)c2=O)CC1N=[N+]=[N-].CCn1c(=O)c(C)cn([C@H]2C=C[C@@H](COC)O2)c1=O.COC[C@H]1O[C@@H](n2cc(C)c(=O)n(C)c2=O)CC1N=[N+]=[N-]. The van der Waals surface area contributed by atoms with Crippen molar-refractivity contribution >= 4 is 0 Å². The summed E-state index contributed by atoms with van der Waals surface area (Å²) in [5.41, 5.74) is 16.6. The minimum Gasteiger partial charge on any atom is -0.382 e. The molecule has 3 aromatic heterocycles. The van der Waals surface area contributed by atoms with Crippen LogP contribution in [0.1, 0.15) is 69.0 Å². The third-order valence-corrected chi connectivity index (χ3v) is 10.5. The van der Waals surface area contributed by atoms with Crippen molar-refractivity contribution in [2.45, 2.75) is 117 Å². The van der Waals surface area contributed by atoms with E-state index in [2.05, 4.69) is 20.1 Å². The number of nitrogens with zero attached hydrogens (tertiary/aromatic N) is 12. The monoisotopic (exact) mass is 884 g/mol. The summed E-state index contributed by atoms with van der Waals surface area (Å²) in [4.78, 5) is 78.0. The summed E-state index contributed by atoms with van der Waals surface area (Å²) < 4.78 is 40.2. The Labute approximate surface area is 360 Å². The van der Waals surface area contributed by atoms with Gasteiger partial charge in [0.2, 0.25) is 0 Å². The van der Waals surface area contributed by atoms with Gasteiger partial charge in [-0.25, -0.2) is 14.4 Å². The van der Waals surface area contributed by atoms with Crippen molar-refractivity contribution in [1.29, 1.82) is 0 Å². The molecule has 2 fully saturated rings. The average molecular weight is 885 g/mol. The number of azide groups is 2. The standard InChI is InChI=1S/C14H21N5O4.C13H18N2O4.C12H17N5O4/c1-4-18-13(20)9(3)7-19(14(18)21)12-6-10(16-17-15)11(23-12)8-22-5-2;1-4-14-12(16)9(2)7-15(13(14)17)11-6-5-10(19-11)8-18-3;1-7-5-17(12(19)16(2)11(7)18)10-4-8(14-15-13)9(21-10)6-20-3/h7,10-12H,4-6,8H2,1-3H3;5-7,10-11H,4,8H2,1-3H3;5,8-10H,4,6H2,1-3H3/t10?,11-,12-;10-,11+;8?,9-,10-/m101/s1. The van der Waals surface area contributed by atoms with Gasteiger partial charge in [-0.2, -0.15) is 0 Å². The van der Waals surface area contributed by atoms with E-state index in [0.717, 1.165) is 9.13 Å². The first kappa shape index (κ1) is 49.8. The van der Waals surface area contributed by atoms with Gasteiger partial charge in [0.05, 0.1) is 44.1 Å². The van der Waals surface area contributed by atoms with Gasteiger partial charge in [-0.3, -0.25) is 41.8 Å². The van der Waals surface area contributed by atoms with Crippen molar-refractivity contribution < 1.29 is 28.4 Å². The van der Waals surface area contributed by atoms with E-state index in [0.29, 0.717) is 49.3 Å². The fourth-order valence-corrected chi connectivity index (χ4v) is 7.26. The molecular formula is C39H56N12O12. The molecule has 0 N–H and O–H groups in total. The predicted molar refractivity (Wildman–Crippen MR) is 228 cm³/mol. The van der Waals surface area contributed by atoms with Crippen molar-refractivity contribution in [2.75, 3.05) is 40.6 Å². The zero-order chi connectivity index (χ0) is 46.5. The first-order valence-electron chi connectivity index (χ1n) is 20.3. The fraction of sp³-hybridized carbons (Fsp3) is 0.641. The maximum Gasteiger partial charge on any atom is 0.333 e. The minimum absolute atomic E-state index is 0.163. The topological polar surface area (TPSA) is 285 Å². The quantitative estimate of drug-likeness (QED) is 0.0975. The third kappa shape index (κ3) is 11.6. The van der Waals surface area contributed by atoms with Crippen LogP contribution in [0.3, 0.4) is 0 Å². The van der Waals surface area contributed by atoms with Crippen LogP contribution in [0.2, 0.25) is 0 Å². The Morgan fingerprint density at radius 1 is 0.651 bits per heavy atom. The van der Waals surface area contributed by atoms with Gasteiger partial charge in [-0.05, 0) is 58.7 Å². The number of aromatic nitrogens is 6. The van der Waals surface area contributed by atoms with E-state index in [1.54, 1.807) is 54.0 Å². The van der Waals surface area contributed by atoms with Crippen LogP contribution in [0.25, 0.3) is 20.9 Å². The molecule has 3 aromatic rings. The molecular weight excluding hydrogens is 829 g/mol. The summed E-state index contributed by atoms with van der Waals surface area (Å²) in [6, 6.07) is -0.824. The number of ether oxygens (including phenoxy) is 6. The maximum atomic E-state index is 12.5. The second-order valence-electron chi connectivity index (χ2n) is 14.8. The molecule has 0 amide bonds. The highest BCUT2D eigenvalue weighted by atomic mass is 16.6. The van der Waals surface area contributed by atoms with Gasteiger partial charge < -0.3 is 28.4 Å². The maximum absolute atomic E-state index is 12.5. The second kappa shape index (κ2) is 23.0. The van der Waals surface area contributed by atoms with Crippen molar-refractivity contribution in [1.82, 2.24) is 27.4 Å². The van der Waals surface area contributed by atoms with Crippen molar-refractivity contribution in [2.24, 2.45) is 17.3 Å². The molecule has 0 aromatic carbocycles. The molecule has 2 saturated heterocycles. The van der Waals surface area contributed by atoms with Gasteiger partial charge in [0.1, 0.15) is 18.6 Å². The Balaban J connectivity index is 0.000000208. The largest absolute Gasteiger partial charge is 0.382 e. The Morgan fingerprint density at radius 3 is 1.59 bits per heavy atom. The van der Waals surface area contributed by atoms with E-state index in [4.69, 9.17) is 39.5 Å². The van der Waals surface area contributed by atoms with Gasteiger partial charge in [-0.1, -0.05) is 16.3 Å². The van der Waals surface area contributed by atoms with Crippen molar-refractivity contribution in [3.63, 3.8) is 0 Å². The van der Waals surface area contributed by atoms with Crippen LogP contribution >= 0.6 is 0 Å². The van der Waals surface area contributed by atoms with Crippen LogP contribution in [0.4, 0.5) is 0 Å². The lowest BCUT2D eigenvalue weighted by Gasteiger charge is -2.18. The van der Waals surface area contributed by atoms with Crippen LogP contribution < -0.4 is 33.7 Å². The van der Waals surface area contributed by atoms with Crippen LogP contribution in [0, 0.1) is 20.8 Å². The Hall–Kier alpha value is -5.84. The summed E-state index contributed by atoms with van der Waals surface area (Å²) >= 11 is 0. The van der Waals surface area contributed by atoms with E-state index in [-0.39, 0.29) is 48.2 Å². The minimum atomic E-state index is -0.585. The highest BCUT2D eigenvalue weighted by molar-refractivity contribution is 5.08. The van der Waals surface area contributed by atoms with E-state index in [1.807, 2.05) is 13.0 Å². The van der Waals surface area contributed by atoms with E-state index in [1.165, 1.54) is 44.8 Å². The summed E-state index contributed by atoms with van der Waals surface area (Å²) in [6.45, 7) is 12.5. The molecule has 0 aliphatic carbocycles. The normalized spacial score (nSPS) is 23.6. The zero-order valence-electron chi connectivity index (χ0n) is 36.9. The number of aryl methyl sites for hydroxylation is 3. The molecule has 24 heteroatoms. The Kier molecular flexibility index (Phi) is 18.2. The fourth-order valence-electron chi connectivity index (χ4n) is 7.26. The molecule has 6 rings (SSSR count). The van der Waals surface area contributed by atoms with Crippen LogP contribution in [-0.2, 0) is 48.6 Å². The second-order valence-corrected chi connectivity index (χ2v) is 14.8. The lowest BCUT2D eigenvalue weighted by Crippen LogP contribution is -2.41. The van der Waals surface area contributed by atoms with E-state index >= 15 is 0 Å². The van der Waals surface area contributed by atoms with Crippen molar-refractivity contribution in [3.05, 3.63) is 131 Å². The molecule has 63 heavy (non-hydrogen) atoms. The van der Waals surface area contributed by atoms with Gasteiger partial charge in [0.15, 0.2) is 6.23 Å². The number of methoxy groups -OCH3 is 2. The molecule has 0 saturated carbocycles. The predicted octanol–water partition coefficient (Wildman–Crippen LogP) is 2.25.